The second kappa shape index (κ2) is 7.39. The van der Waals surface area contributed by atoms with Crippen molar-refractivity contribution in [2.24, 2.45) is 4.99 Å². The molecule has 0 unspecified atom stereocenters. The maximum atomic E-state index is 12.4. The normalized spacial score (nSPS) is 19.4. The van der Waals surface area contributed by atoms with Crippen molar-refractivity contribution in [3.63, 3.8) is 0 Å². The van der Waals surface area contributed by atoms with Crippen LogP contribution in [-0.2, 0) is 14.9 Å². The third-order valence-corrected chi connectivity index (χ3v) is 5.58. The Morgan fingerprint density at radius 1 is 1.19 bits per heavy atom. The minimum atomic E-state index is -0.610. The van der Waals surface area contributed by atoms with E-state index in [1.54, 1.807) is 12.1 Å². The van der Waals surface area contributed by atoms with Gasteiger partial charge in [-0.3, -0.25) is 10.1 Å². The maximum absolute atomic E-state index is 12.4. The van der Waals surface area contributed by atoms with Crippen LogP contribution in [0.25, 0.3) is 0 Å². The van der Waals surface area contributed by atoms with Gasteiger partial charge in [0.2, 0.25) is 5.90 Å². The molecule has 0 amide bonds. The summed E-state index contributed by atoms with van der Waals surface area (Å²) in [5.41, 5.74) is 3.30. The van der Waals surface area contributed by atoms with Crippen LogP contribution in [0.15, 0.2) is 71.0 Å². The number of ether oxygens (including phenoxy) is 2. The SMILES string of the molecule is COc1ccc(C2=N/C(=C/C=C3\N(C)c4ccccc4C3(C)C)C(=O)O2)cc1[N+](=O)[O-]. The number of nitro benzene ring substituents is 1. The Balaban J connectivity index is 1.68. The van der Waals surface area contributed by atoms with E-state index < -0.39 is 10.9 Å². The van der Waals surface area contributed by atoms with Crippen LogP contribution in [0.4, 0.5) is 11.4 Å². The minimum absolute atomic E-state index is 0.0164. The van der Waals surface area contributed by atoms with E-state index in [9.17, 15) is 14.9 Å². The summed E-state index contributed by atoms with van der Waals surface area (Å²) in [6.07, 6.45) is 3.48. The highest BCUT2D eigenvalue weighted by Crippen LogP contribution is 2.46. The fourth-order valence-corrected chi connectivity index (χ4v) is 3.97. The summed E-state index contributed by atoms with van der Waals surface area (Å²) < 4.78 is 10.3. The first kappa shape index (κ1) is 20.3. The summed E-state index contributed by atoms with van der Waals surface area (Å²) in [5, 5.41) is 11.3. The molecule has 8 nitrogen and oxygen atoms in total. The standard InChI is InChI=1S/C23H21N3O5/c1-23(2)15-7-5-6-8-17(15)25(3)20(23)12-10-16-22(27)31-21(24-16)14-9-11-19(30-4)18(13-14)26(28)29/h5-13H,1-4H3/b16-10+,20-12-. The molecule has 0 spiro atoms. The predicted octanol–water partition coefficient (Wildman–Crippen LogP) is 4.10. The second-order valence-corrected chi connectivity index (χ2v) is 7.76. The first-order valence-corrected chi connectivity index (χ1v) is 9.63. The topological polar surface area (TPSA) is 94.3 Å². The molecule has 0 bridgehead atoms. The van der Waals surface area contributed by atoms with E-state index in [-0.39, 0.29) is 28.4 Å². The highest BCUT2D eigenvalue weighted by Gasteiger charge is 2.38. The zero-order valence-electron chi connectivity index (χ0n) is 17.6. The Bertz CT molecular complexity index is 1190. The van der Waals surface area contributed by atoms with E-state index in [4.69, 9.17) is 9.47 Å². The Morgan fingerprint density at radius 3 is 2.61 bits per heavy atom. The molecule has 4 rings (SSSR count). The Hall–Kier alpha value is -3.94. The number of likely N-dealkylation sites (N-methyl/N-ethyl adjacent to an activating group) is 1. The number of fused-ring (bicyclic) bond motifs is 1. The van der Waals surface area contributed by atoms with Crippen LogP contribution in [0.5, 0.6) is 5.75 Å². The summed E-state index contributed by atoms with van der Waals surface area (Å²) in [4.78, 5) is 29.4. The molecular formula is C23H21N3O5. The fraction of sp³-hybridized carbons (Fsp3) is 0.217. The number of allylic oxidation sites excluding steroid dienone is 3. The maximum Gasteiger partial charge on any atom is 0.363 e. The van der Waals surface area contributed by atoms with Gasteiger partial charge in [-0.25, -0.2) is 9.79 Å². The molecule has 0 aromatic heterocycles. The Labute approximate surface area is 179 Å². The van der Waals surface area contributed by atoms with Gasteiger partial charge in [0.15, 0.2) is 11.4 Å². The van der Waals surface area contributed by atoms with Crippen molar-refractivity contribution in [1.82, 2.24) is 0 Å². The number of carbonyl (C=O) groups is 1. The zero-order chi connectivity index (χ0) is 22.3. The highest BCUT2D eigenvalue weighted by atomic mass is 16.6. The van der Waals surface area contributed by atoms with E-state index in [1.165, 1.54) is 24.8 Å². The number of hydrogen-bond donors (Lipinski definition) is 0. The lowest BCUT2D eigenvalue weighted by atomic mass is 9.84. The summed E-state index contributed by atoms with van der Waals surface area (Å²) in [5.74, 6) is -0.478. The molecule has 0 aliphatic carbocycles. The molecule has 2 aromatic carbocycles. The van der Waals surface area contributed by atoms with Crippen LogP contribution in [0.3, 0.4) is 0 Å². The number of esters is 1. The van der Waals surface area contributed by atoms with Crippen LogP contribution in [0.1, 0.15) is 25.0 Å². The number of anilines is 1. The van der Waals surface area contributed by atoms with Crippen LogP contribution in [-0.4, -0.2) is 30.9 Å². The molecule has 2 aliphatic heterocycles. The molecule has 2 aromatic rings. The fourth-order valence-electron chi connectivity index (χ4n) is 3.97. The zero-order valence-corrected chi connectivity index (χ0v) is 17.6. The lowest BCUT2D eigenvalue weighted by molar-refractivity contribution is -0.385. The van der Waals surface area contributed by atoms with E-state index in [0.29, 0.717) is 5.56 Å². The van der Waals surface area contributed by atoms with Gasteiger partial charge in [-0.2, -0.15) is 0 Å². The van der Waals surface area contributed by atoms with Gasteiger partial charge in [0.05, 0.1) is 12.0 Å². The number of nitro groups is 1. The van der Waals surface area contributed by atoms with Gasteiger partial charge >= 0.3 is 11.7 Å². The first-order chi connectivity index (χ1) is 14.7. The first-order valence-electron chi connectivity index (χ1n) is 9.63. The van der Waals surface area contributed by atoms with Crippen molar-refractivity contribution in [3.8, 4) is 5.75 Å². The number of para-hydroxylation sites is 1. The van der Waals surface area contributed by atoms with Gasteiger partial charge in [-0.15, -0.1) is 0 Å². The van der Waals surface area contributed by atoms with E-state index >= 15 is 0 Å². The van der Waals surface area contributed by atoms with Gasteiger partial charge < -0.3 is 14.4 Å². The lowest BCUT2D eigenvalue weighted by Gasteiger charge is -2.23. The number of nitrogens with zero attached hydrogens (tertiary/aromatic N) is 3. The number of rotatable bonds is 4. The smallest absolute Gasteiger partial charge is 0.363 e. The molecule has 158 valence electrons. The average Bonchev–Trinajstić information content (AvgIpc) is 3.21. The average molecular weight is 419 g/mol. The molecule has 0 saturated carbocycles. The largest absolute Gasteiger partial charge is 0.490 e. The Kier molecular flexibility index (Phi) is 4.85. The predicted molar refractivity (Wildman–Crippen MR) is 116 cm³/mol. The highest BCUT2D eigenvalue weighted by molar-refractivity contribution is 6.11. The number of aliphatic imine (C=N–C) groups is 1. The summed E-state index contributed by atoms with van der Waals surface area (Å²) in [6, 6.07) is 12.4. The van der Waals surface area contributed by atoms with Crippen LogP contribution in [0, 0.1) is 10.1 Å². The lowest BCUT2D eigenvalue weighted by Crippen LogP contribution is -2.22. The van der Waals surface area contributed by atoms with Gasteiger partial charge in [-0.1, -0.05) is 32.0 Å². The van der Waals surface area contributed by atoms with E-state index in [2.05, 4.69) is 35.9 Å². The number of cyclic esters (lactones) is 1. The molecule has 0 N–H and O–H groups in total. The number of carbonyl (C=O) groups excluding carboxylic acids is 1. The summed E-state index contributed by atoms with van der Waals surface area (Å²) >= 11 is 0. The third kappa shape index (κ3) is 3.35. The van der Waals surface area contributed by atoms with Crippen molar-refractivity contribution >= 4 is 23.2 Å². The van der Waals surface area contributed by atoms with E-state index in [0.717, 1.165) is 11.4 Å². The van der Waals surface area contributed by atoms with Gasteiger partial charge in [0, 0.05) is 35.5 Å². The molecule has 0 radical (unpaired) electrons. The van der Waals surface area contributed by atoms with Gasteiger partial charge in [0.1, 0.15) is 0 Å². The van der Waals surface area contributed by atoms with Crippen molar-refractivity contribution in [3.05, 3.63) is 87.3 Å². The van der Waals surface area contributed by atoms with Gasteiger partial charge in [-0.05, 0) is 35.9 Å². The summed E-state index contributed by atoms with van der Waals surface area (Å²) in [6.45, 7) is 4.25. The quantitative estimate of drug-likeness (QED) is 0.320. The van der Waals surface area contributed by atoms with Crippen molar-refractivity contribution in [2.45, 2.75) is 19.3 Å². The number of benzene rings is 2. The van der Waals surface area contributed by atoms with Crippen LogP contribution >= 0.6 is 0 Å². The molecule has 2 heterocycles. The second-order valence-electron chi connectivity index (χ2n) is 7.76. The number of hydrogen-bond acceptors (Lipinski definition) is 7. The van der Waals surface area contributed by atoms with Crippen molar-refractivity contribution < 1.29 is 19.2 Å². The minimum Gasteiger partial charge on any atom is -0.490 e. The van der Waals surface area contributed by atoms with Crippen molar-refractivity contribution in [1.29, 1.82) is 0 Å². The van der Waals surface area contributed by atoms with E-state index in [1.807, 2.05) is 25.3 Å². The monoisotopic (exact) mass is 419 g/mol. The molecular weight excluding hydrogens is 398 g/mol. The number of methoxy groups -OCH3 is 1. The molecule has 0 atom stereocenters. The van der Waals surface area contributed by atoms with Crippen LogP contribution in [0.2, 0.25) is 0 Å². The molecule has 0 fully saturated rings. The molecule has 31 heavy (non-hydrogen) atoms. The van der Waals surface area contributed by atoms with Gasteiger partial charge in [0.25, 0.3) is 0 Å². The third-order valence-electron chi connectivity index (χ3n) is 5.58. The molecule has 0 saturated heterocycles. The summed E-state index contributed by atoms with van der Waals surface area (Å²) in [7, 11) is 3.33. The molecule has 2 aliphatic rings. The molecule has 8 heteroatoms. The van der Waals surface area contributed by atoms with Crippen molar-refractivity contribution in [2.75, 3.05) is 19.1 Å². The van der Waals surface area contributed by atoms with Crippen LogP contribution < -0.4 is 9.64 Å². The Morgan fingerprint density at radius 2 is 1.94 bits per heavy atom.